The maximum Gasteiger partial charge on any atom is 0.0713 e. The summed E-state index contributed by atoms with van der Waals surface area (Å²) < 4.78 is 0. The van der Waals surface area contributed by atoms with Crippen molar-refractivity contribution in [3.05, 3.63) is 0 Å². The van der Waals surface area contributed by atoms with Crippen LogP contribution in [0.15, 0.2) is 0 Å². The average Bonchev–Trinajstić information content (AvgIpc) is 1.81. The predicted molar refractivity (Wildman–Crippen MR) is 40.9 cm³/mol. The summed E-state index contributed by atoms with van der Waals surface area (Å²) in [6, 6.07) is 0.507. The van der Waals surface area contributed by atoms with Gasteiger partial charge in [-0.3, -0.25) is 5.09 Å². The summed E-state index contributed by atoms with van der Waals surface area (Å²) in [4.78, 5) is 0. The molecule has 8 heavy (non-hydrogen) atoms. The number of hydrogen-bond donors (Lipinski definition) is 2. The molecule has 1 atom stereocenters. The molecule has 5 heteroatoms. The first kappa shape index (κ1) is 8.93. The van der Waals surface area contributed by atoms with Crippen LogP contribution in [0, 0.1) is 0 Å². The molecule has 0 aliphatic heterocycles. The normalized spacial score (nSPS) is 11.2. The van der Waals surface area contributed by atoms with Gasteiger partial charge in [0.2, 0.25) is 0 Å². The molecular formula is C3H9Cl2N2P. The standard InChI is InChI=1S/C3H9Cl2N2P/c4-3-6-1-2-7-8-5/h6-8H,1-3H2. The Labute approximate surface area is 60.9 Å². The van der Waals surface area contributed by atoms with Crippen molar-refractivity contribution in [2.45, 2.75) is 0 Å². The largest absolute Gasteiger partial charge is 0.303 e. The number of nitrogens with one attached hydrogen (secondary N) is 2. The molecule has 0 aliphatic rings. The van der Waals surface area contributed by atoms with Crippen molar-refractivity contribution in [3.8, 4) is 0 Å². The van der Waals surface area contributed by atoms with Gasteiger partial charge in [-0.05, 0) is 0 Å². The van der Waals surface area contributed by atoms with Crippen molar-refractivity contribution in [2.75, 3.05) is 19.1 Å². The van der Waals surface area contributed by atoms with Crippen LogP contribution in [0.25, 0.3) is 0 Å². The summed E-state index contributed by atoms with van der Waals surface area (Å²) in [7, 11) is 0.308. The summed E-state index contributed by atoms with van der Waals surface area (Å²) in [6.45, 7) is 1.76. The molecule has 0 spiro atoms. The Morgan fingerprint density at radius 3 is 2.62 bits per heavy atom. The highest BCUT2D eigenvalue weighted by molar-refractivity contribution is 7.66. The van der Waals surface area contributed by atoms with E-state index in [1.54, 1.807) is 0 Å². The third kappa shape index (κ3) is 6.93. The quantitative estimate of drug-likeness (QED) is 0.283. The van der Waals surface area contributed by atoms with Crippen molar-refractivity contribution in [3.63, 3.8) is 0 Å². The zero-order valence-corrected chi connectivity index (χ0v) is 6.89. The van der Waals surface area contributed by atoms with Gasteiger partial charge >= 0.3 is 0 Å². The lowest BCUT2D eigenvalue weighted by Crippen LogP contribution is -2.21. The molecule has 0 saturated carbocycles. The highest BCUT2D eigenvalue weighted by Gasteiger charge is 1.80. The van der Waals surface area contributed by atoms with Crippen LogP contribution in [0.1, 0.15) is 0 Å². The maximum absolute atomic E-state index is 5.34. The van der Waals surface area contributed by atoms with E-state index in [2.05, 4.69) is 10.4 Å². The van der Waals surface area contributed by atoms with E-state index in [-0.39, 0.29) is 0 Å². The molecule has 0 aromatic rings. The van der Waals surface area contributed by atoms with E-state index < -0.39 is 0 Å². The van der Waals surface area contributed by atoms with Gasteiger partial charge in [0.1, 0.15) is 0 Å². The fourth-order valence-electron chi connectivity index (χ4n) is 0.265. The predicted octanol–water partition coefficient (Wildman–Crippen LogP) is 1.11. The molecule has 1 unspecified atom stereocenters. The molecule has 0 aromatic heterocycles. The molecule has 0 bridgehead atoms. The third-order valence-corrected chi connectivity index (χ3v) is 1.56. The van der Waals surface area contributed by atoms with Gasteiger partial charge in [0.05, 0.1) is 6.00 Å². The fourth-order valence-corrected chi connectivity index (χ4v) is 0.902. The van der Waals surface area contributed by atoms with Crippen molar-refractivity contribution >= 4 is 30.9 Å². The summed E-state index contributed by atoms with van der Waals surface area (Å²) in [5, 5.41) is 5.89. The van der Waals surface area contributed by atoms with Gasteiger partial charge in [-0.1, -0.05) is 11.2 Å². The van der Waals surface area contributed by atoms with Gasteiger partial charge in [-0.2, -0.15) is 0 Å². The highest BCUT2D eigenvalue weighted by atomic mass is 35.7. The minimum atomic E-state index is 0.308. The van der Waals surface area contributed by atoms with E-state index in [4.69, 9.17) is 22.8 Å². The molecule has 0 heterocycles. The second-order valence-electron chi connectivity index (χ2n) is 1.15. The summed E-state index contributed by atoms with van der Waals surface area (Å²) >= 11 is 10.6. The lowest BCUT2D eigenvalue weighted by atomic mass is 10.7. The van der Waals surface area contributed by atoms with Crippen LogP contribution in [0.3, 0.4) is 0 Å². The minimum Gasteiger partial charge on any atom is -0.303 e. The van der Waals surface area contributed by atoms with Gasteiger partial charge in [0, 0.05) is 21.2 Å². The van der Waals surface area contributed by atoms with E-state index >= 15 is 0 Å². The second-order valence-corrected chi connectivity index (χ2v) is 2.53. The summed E-state index contributed by atoms with van der Waals surface area (Å²) in [5.41, 5.74) is 0. The Morgan fingerprint density at radius 2 is 2.12 bits per heavy atom. The van der Waals surface area contributed by atoms with E-state index in [0.717, 1.165) is 13.1 Å². The number of hydrogen-bond acceptors (Lipinski definition) is 2. The zero-order valence-electron chi connectivity index (χ0n) is 4.38. The van der Waals surface area contributed by atoms with Gasteiger partial charge in [0.15, 0.2) is 0 Å². The van der Waals surface area contributed by atoms with Gasteiger partial charge in [-0.25, -0.2) is 0 Å². The zero-order chi connectivity index (χ0) is 6.24. The Hall–Kier alpha value is 0.930. The summed E-state index contributed by atoms with van der Waals surface area (Å²) in [5.74, 6) is 0. The van der Waals surface area contributed by atoms with Crippen molar-refractivity contribution in [2.24, 2.45) is 0 Å². The van der Waals surface area contributed by atoms with Crippen LogP contribution in [0.4, 0.5) is 0 Å². The molecule has 0 rings (SSSR count). The molecule has 2 N–H and O–H groups in total. The Bertz CT molecular complexity index is 40.3. The number of rotatable bonds is 5. The van der Waals surface area contributed by atoms with Crippen LogP contribution in [0.5, 0.6) is 0 Å². The van der Waals surface area contributed by atoms with E-state index in [1.807, 2.05) is 0 Å². The van der Waals surface area contributed by atoms with Gasteiger partial charge in [-0.15, -0.1) is 11.6 Å². The van der Waals surface area contributed by atoms with E-state index in [1.165, 1.54) is 0 Å². The molecule has 0 aromatic carbocycles. The first-order valence-electron chi connectivity index (χ1n) is 2.27. The van der Waals surface area contributed by atoms with Crippen LogP contribution in [0.2, 0.25) is 0 Å². The van der Waals surface area contributed by atoms with E-state index in [9.17, 15) is 0 Å². The van der Waals surface area contributed by atoms with Gasteiger partial charge in [0.25, 0.3) is 0 Å². The average molecular weight is 175 g/mol. The highest BCUT2D eigenvalue weighted by Crippen LogP contribution is 2.06. The molecule has 0 saturated heterocycles. The molecule has 0 fully saturated rings. The molecule has 0 amide bonds. The Morgan fingerprint density at radius 1 is 1.38 bits per heavy atom. The molecule has 2 nitrogen and oxygen atoms in total. The lowest BCUT2D eigenvalue weighted by molar-refractivity contribution is 0.757. The minimum absolute atomic E-state index is 0.308. The monoisotopic (exact) mass is 174 g/mol. The van der Waals surface area contributed by atoms with Crippen LogP contribution in [-0.4, -0.2) is 19.1 Å². The SMILES string of the molecule is ClCNCCNPCl. The second kappa shape index (κ2) is 7.93. The van der Waals surface area contributed by atoms with Crippen molar-refractivity contribution in [1.82, 2.24) is 10.4 Å². The van der Waals surface area contributed by atoms with Crippen molar-refractivity contribution < 1.29 is 0 Å². The molecule has 0 radical (unpaired) electrons. The lowest BCUT2D eigenvalue weighted by Gasteiger charge is -1.97. The Balaban J connectivity index is 2.53. The van der Waals surface area contributed by atoms with Crippen LogP contribution >= 0.6 is 30.9 Å². The number of halogens is 2. The third-order valence-electron chi connectivity index (χ3n) is 0.588. The summed E-state index contributed by atoms with van der Waals surface area (Å²) in [6.07, 6.45) is 0. The van der Waals surface area contributed by atoms with Crippen LogP contribution < -0.4 is 10.4 Å². The van der Waals surface area contributed by atoms with Crippen LogP contribution in [-0.2, 0) is 0 Å². The van der Waals surface area contributed by atoms with E-state index in [0.29, 0.717) is 14.1 Å². The smallest absolute Gasteiger partial charge is 0.0713 e. The fraction of sp³-hybridized carbons (Fsp3) is 1.00. The maximum atomic E-state index is 5.34. The molecule has 50 valence electrons. The first-order chi connectivity index (χ1) is 3.91. The first-order valence-corrected chi connectivity index (χ1v) is 4.81. The van der Waals surface area contributed by atoms with Gasteiger partial charge < -0.3 is 5.32 Å². The molecular weight excluding hydrogens is 166 g/mol. The molecule has 0 aliphatic carbocycles. The topological polar surface area (TPSA) is 24.1 Å². The van der Waals surface area contributed by atoms with Crippen molar-refractivity contribution in [1.29, 1.82) is 0 Å². The number of alkyl halides is 1. The Kier molecular flexibility index (Phi) is 8.85.